The maximum absolute atomic E-state index is 4.67. The minimum absolute atomic E-state index is 0.803. The largest absolute Gasteiger partial charge is 0.339 e. The molecule has 2 aromatic heterocycles. The molecule has 3 heteroatoms. The smallest absolute Gasteiger partial charge is 0.0945 e. The fourth-order valence-corrected chi connectivity index (χ4v) is 3.32. The van der Waals surface area contributed by atoms with Gasteiger partial charge in [0.25, 0.3) is 0 Å². The molecule has 0 N–H and O–H groups in total. The van der Waals surface area contributed by atoms with Crippen LogP contribution in [0.2, 0.25) is 0 Å². The van der Waals surface area contributed by atoms with Crippen molar-refractivity contribution in [1.29, 1.82) is 0 Å². The molecule has 3 aromatic rings. The molecule has 0 saturated carbocycles. The van der Waals surface area contributed by atoms with E-state index in [9.17, 15) is 0 Å². The molecule has 0 aliphatic heterocycles. The van der Waals surface area contributed by atoms with E-state index in [0.717, 1.165) is 17.8 Å². The zero-order valence-electron chi connectivity index (χ0n) is 13.3. The lowest BCUT2D eigenvalue weighted by Crippen LogP contribution is -1.99. The Labute approximate surface area is 135 Å². The highest BCUT2D eigenvalue weighted by atomic mass is 32.2. The van der Waals surface area contributed by atoms with E-state index >= 15 is 0 Å². The number of hydrogen-bond acceptors (Lipinski definition) is 2. The van der Waals surface area contributed by atoms with Gasteiger partial charge < -0.3 is 4.57 Å². The summed E-state index contributed by atoms with van der Waals surface area (Å²) < 4.78 is 2.31. The van der Waals surface area contributed by atoms with Crippen LogP contribution in [0.3, 0.4) is 0 Å². The first kappa shape index (κ1) is 14.9. The van der Waals surface area contributed by atoms with E-state index in [2.05, 4.69) is 66.6 Å². The number of thioether (sulfide) groups is 1. The molecular formula is C19H20N2S. The summed E-state index contributed by atoms with van der Waals surface area (Å²) in [5, 5.41) is 1.28. The van der Waals surface area contributed by atoms with E-state index < -0.39 is 0 Å². The third-order valence-electron chi connectivity index (χ3n) is 4.22. The van der Waals surface area contributed by atoms with Crippen LogP contribution < -0.4 is 0 Å². The topological polar surface area (TPSA) is 17.8 Å². The van der Waals surface area contributed by atoms with E-state index in [1.54, 1.807) is 11.8 Å². The van der Waals surface area contributed by atoms with Gasteiger partial charge in [0.2, 0.25) is 0 Å². The molecular weight excluding hydrogens is 288 g/mol. The molecule has 2 nitrogen and oxygen atoms in total. The first-order chi connectivity index (χ1) is 10.7. The molecule has 0 amide bonds. The summed E-state index contributed by atoms with van der Waals surface area (Å²) in [5.41, 5.74) is 6.01. The molecule has 3 rings (SSSR count). The summed E-state index contributed by atoms with van der Waals surface area (Å²) in [5.74, 6) is 0. The van der Waals surface area contributed by atoms with Crippen molar-refractivity contribution in [1.82, 2.24) is 9.55 Å². The van der Waals surface area contributed by atoms with Crippen molar-refractivity contribution in [2.24, 2.45) is 0 Å². The highest BCUT2D eigenvalue weighted by Gasteiger charge is 2.15. The van der Waals surface area contributed by atoms with Crippen LogP contribution in [0.15, 0.2) is 54.1 Å². The molecule has 0 radical (unpaired) electrons. The number of hydrogen-bond donors (Lipinski definition) is 0. The summed E-state index contributed by atoms with van der Waals surface area (Å²) in [7, 11) is 0. The summed E-state index contributed by atoms with van der Waals surface area (Å²) in [6.07, 6.45) is 5.94. The van der Waals surface area contributed by atoms with E-state index in [0.29, 0.717) is 0 Å². The van der Waals surface area contributed by atoms with Gasteiger partial charge in [0.1, 0.15) is 0 Å². The maximum Gasteiger partial charge on any atom is 0.0945 e. The number of benzene rings is 1. The number of fused-ring (bicyclic) bond motifs is 1. The van der Waals surface area contributed by atoms with E-state index in [-0.39, 0.29) is 0 Å². The zero-order valence-corrected chi connectivity index (χ0v) is 14.1. The second kappa shape index (κ2) is 6.01. The summed E-state index contributed by atoms with van der Waals surface area (Å²) in [6, 6.07) is 10.7. The van der Waals surface area contributed by atoms with Crippen molar-refractivity contribution < 1.29 is 0 Å². The van der Waals surface area contributed by atoms with Crippen LogP contribution in [0.25, 0.3) is 22.2 Å². The van der Waals surface area contributed by atoms with Crippen LogP contribution in [-0.4, -0.2) is 15.8 Å². The van der Waals surface area contributed by atoms with Gasteiger partial charge in [-0.05, 0) is 43.9 Å². The highest BCUT2D eigenvalue weighted by molar-refractivity contribution is 7.98. The number of aryl methyl sites for hydroxylation is 1. The maximum atomic E-state index is 4.67. The molecule has 0 fully saturated rings. The molecule has 22 heavy (non-hydrogen) atoms. The Hall–Kier alpha value is -2.00. The Morgan fingerprint density at radius 1 is 1.18 bits per heavy atom. The van der Waals surface area contributed by atoms with E-state index in [1.165, 1.54) is 27.1 Å². The van der Waals surface area contributed by atoms with Gasteiger partial charge in [-0.25, -0.2) is 0 Å². The molecule has 1 aromatic carbocycles. The second-order valence-corrected chi connectivity index (χ2v) is 6.27. The Morgan fingerprint density at radius 3 is 2.55 bits per heavy atom. The van der Waals surface area contributed by atoms with Crippen molar-refractivity contribution >= 4 is 22.7 Å². The van der Waals surface area contributed by atoms with Gasteiger partial charge >= 0.3 is 0 Å². The first-order valence-corrected chi connectivity index (χ1v) is 8.59. The zero-order chi connectivity index (χ0) is 15.7. The quantitative estimate of drug-likeness (QED) is 0.485. The minimum atomic E-state index is 0.803. The van der Waals surface area contributed by atoms with Crippen molar-refractivity contribution in [3.8, 4) is 11.3 Å². The van der Waals surface area contributed by atoms with Gasteiger partial charge in [-0.1, -0.05) is 18.2 Å². The SMILES string of the molecule is C=CCn1c(C)c(C)c2ccnc(-c3ccc(SC)cc3)c21. The molecule has 2 heterocycles. The van der Waals surface area contributed by atoms with Gasteiger partial charge in [-0.2, -0.15) is 0 Å². The molecule has 0 bridgehead atoms. The molecule has 0 spiro atoms. The second-order valence-electron chi connectivity index (χ2n) is 5.39. The van der Waals surface area contributed by atoms with Crippen molar-refractivity contribution in [2.45, 2.75) is 25.3 Å². The predicted molar refractivity (Wildman–Crippen MR) is 96.6 cm³/mol. The molecule has 0 atom stereocenters. The third kappa shape index (κ3) is 2.35. The fourth-order valence-electron chi connectivity index (χ4n) is 2.91. The Kier molecular flexibility index (Phi) is 4.08. The first-order valence-electron chi connectivity index (χ1n) is 7.37. The fraction of sp³-hybridized carbons (Fsp3) is 0.211. The highest BCUT2D eigenvalue weighted by Crippen LogP contribution is 2.32. The molecule has 112 valence electrons. The molecule has 0 unspecified atom stereocenters. The number of pyridine rings is 1. The van der Waals surface area contributed by atoms with Crippen molar-refractivity contribution in [3.63, 3.8) is 0 Å². The number of allylic oxidation sites excluding steroid dienone is 1. The van der Waals surface area contributed by atoms with Crippen LogP contribution in [-0.2, 0) is 6.54 Å². The lowest BCUT2D eigenvalue weighted by Gasteiger charge is -2.09. The molecule has 0 aliphatic carbocycles. The Balaban J connectivity index is 2.28. The Bertz CT molecular complexity index is 829. The predicted octanol–water partition coefficient (Wildman–Crippen LogP) is 5.23. The lowest BCUT2D eigenvalue weighted by molar-refractivity contribution is 0.824. The van der Waals surface area contributed by atoms with Crippen LogP contribution in [0, 0.1) is 13.8 Å². The Morgan fingerprint density at radius 2 is 1.91 bits per heavy atom. The van der Waals surface area contributed by atoms with Crippen LogP contribution in [0.1, 0.15) is 11.3 Å². The summed E-state index contributed by atoms with van der Waals surface area (Å²) >= 11 is 1.76. The van der Waals surface area contributed by atoms with Gasteiger partial charge in [0, 0.05) is 34.3 Å². The lowest BCUT2D eigenvalue weighted by atomic mass is 10.1. The van der Waals surface area contributed by atoms with E-state index in [1.807, 2.05) is 12.3 Å². The number of rotatable bonds is 4. The van der Waals surface area contributed by atoms with E-state index in [4.69, 9.17) is 0 Å². The minimum Gasteiger partial charge on any atom is -0.339 e. The molecule has 0 saturated heterocycles. The standard InChI is InChI=1S/C19H20N2S/c1-5-12-21-14(3)13(2)17-10-11-20-18(19(17)21)15-6-8-16(22-4)9-7-15/h5-11H,1,12H2,2-4H3. The molecule has 0 aliphatic rings. The van der Waals surface area contributed by atoms with Crippen LogP contribution >= 0.6 is 11.8 Å². The van der Waals surface area contributed by atoms with Crippen LogP contribution in [0.4, 0.5) is 0 Å². The van der Waals surface area contributed by atoms with Gasteiger partial charge in [-0.15, -0.1) is 18.3 Å². The monoisotopic (exact) mass is 308 g/mol. The average molecular weight is 308 g/mol. The number of aromatic nitrogens is 2. The third-order valence-corrected chi connectivity index (χ3v) is 4.96. The van der Waals surface area contributed by atoms with Gasteiger partial charge in [-0.3, -0.25) is 4.98 Å². The van der Waals surface area contributed by atoms with Crippen molar-refractivity contribution in [2.75, 3.05) is 6.26 Å². The van der Waals surface area contributed by atoms with Crippen LogP contribution in [0.5, 0.6) is 0 Å². The summed E-state index contributed by atoms with van der Waals surface area (Å²) in [6.45, 7) is 9.04. The summed E-state index contributed by atoms with van der Waals surface area (Å²) in [4.78, 5) is 5.94. The average Bonchev–Trinajstić information content (AvgIpc) is 2.80. The van der Waals surface area contributed by atoms with Gasteiger partial charge in [0.15, 0.2) is 0 Å². The van der Waals surface area contributed by atoms with Gasteiger partial charge in [0.05, 0.1) is 11.2 Å². The normalized spacial score (nSPS) is 11.0. The van der Waals surface area contributed by atoms with Crippen molar-refractivity contribution in [3.05, 3.63) is 60.4 Å². The number of nitrogens with zero attached hydrogens (tertiary/aromatic N) is 2.